The van der Waals surface area contributed by atoms with Crippen LogP contribution < -0.4 is 5.73 Å². The summed E-state index contributed by atoms with van der Waals surface area (Å²) in [6.45, 7) is 8.64. The summed E-state index contributed by atoms with van der Waals surface area (Å²) in [5.74, 6) is 1.53. The summed E-state index contributed by atoms with van der Waals surface area (Å²) in [7, 11) is 0. The van der Waals surface area contributed by atoms with Gasteiger partial charge in [-0.3, -0.25) is 4.98 Å². The minimum absolute atomic E-state index is 0.146. The van der Waals surface area contributed by atoms with Crippen molar-refractivity contribution in [1.29, 1.82) is 0 Å². The normalized spacial score (nSPS) is 13.7. The van der Waals surface area contributed by atoms with Gasteiger partial charge >= 0.3 is 0 Å². The van der Waals surface area contributed by atoms with Crippen LogP contribution in [0, 0.1) is 5.92 Å². The zero-order valence-corrected chi connectivity index (χ0v) is 11.6. The highest BCUT2D eigenvalue weighted by molar-refractivity contribution is 5.74. The second-order valence-electron chi connectivity index (χ2n) is 5.47. The largest absolute Gasteiger partial charge is 0.327 e. The highest BCUT2D eigenvalue weighted by Gasteiger charge is 2.17. The first-order valence-corrected chi connectivity index (χ1v) is 6.57. The summed E-state index contributed by atoms with van der Waals surface area (Å²) < 4.78 is 2.26. The van der Waals surface area contributed by atoms with Crippen LogP contribution in [0.1, 0.15) is 39.6 Å². The Morgan fingerprint density at radius 3 is 2.61 bits per heavy atom. The van der Waals surface area contributed by atoms with Crippen molar-refractivity contribution in [2.45, 2.75) is 46.2 Å². The van der Waals surface area contributed by atoms with Gasteiger partial charge in [0.25, 0.3) is 0 Å². The number of aromatic nitrogens is 3. The van der Waals surface area contributed by atoms with E-state index in [4.69, 9.17) is 5.73 Å². The van der Waals surface area contributed by atoms with Crippen molar-refractivity contribution in [1.82, 2.24) is 14.5 Å². The van der Waals surface area contributed by atoms with Crippen LogP contribution in [0.5, 0.6) is 0 Å². The average Bonchev–Trinajstić information content (AvgIpc) is 2.66. The van der Waals surface area contributed by atoms with Gasteiger partial charge in [-0.25, -0.2) is 4.98 Å². The maximum absolute atomic E-state index is 6.17. The van der Waals surface area contributed by atoms with Crippen LogP contribution in [0.3, 0.4) is 0 Å². The predicted octanol–water partition coefficient (Wildman–Crippen LogP) is 2.54. The summed E-state index contributed by atoms with van der Waals surface area (Å²) in [4.78, 5) is 8.81. The van der Waals surface area contributed by atoms with Gasteiger partial charge in [0, 0.05) is 24.7 Å². The van der Waals surface area contributed by atoms with E-state index in [2.05, 4.69) is 42.2 Å². The molecule has 4 nitrogen and oxygen atoms in total. The molecule has 2 aromatic heterocycles. The molecule has 0 fully saturated rings. The Balaban J connectivity index is 2.46. The van der Waals surface area contributed by atoms with Gasteiger partial charge in [0.15, 0.2) is 0 Å². The molecule has 0 amide bonds. The zero-order chi connectivity index (χ0) is 13.3. The molecule has 98 valence electrons. The first-order valence-electron chi connectivity index (χ1n) is 6.57. The molecule has 0 saturated carbocycles. The number of nitrogens with zero attached hydrogens (tertiary/aromatic N) is 3. The highest BCUT2D eigenvalue weighted by Crippen LogP contribution is 2.21. The quantitative estimate of drug-likeness (QED) is 0.902. The molecular formula is C14H22N4. The third-order valence-electron chi connectivity index (χ3n) is 3.36. The monoisotopic (exact) mass is 246 g/mol. The summed E-state index contributed by atoms with van der Waals surface area (Å²) in [5.41, 5.74) is 8.27. The molecule has 0 aliphatic rings. The number of imidazole rings is 1. The van der Waals surface area contributed by atoms with E-state index >= 15 is 0 Å². The minimum atomic E-state index is 0.146. The smallest absolute Gasteiger partial charge is 0.111 e. The Morgan fingerprint density at radius 2 is 2.00 bits per heavy atom. The third kappa shape index (κ3) is 2.38. The fourth-order valence-corrected chi connectivity index (χ4v) is 2.17. The Labute approximate surface area is 108 Å². The number of hydrogen-bond acceptors (Lipinski definition) is 3. The topological polar surface area (TPSA) is 56.7 Å². The van der Waals surface area contributed by atoms with E-state index in [0.717, 1.165) is 23.3 Å². The van der Waals surface area contributed by atoms with Crippen LogP contribution >= 0.6 is 0 Å². The lowest BCUT2D eigenvalue weighted by atomic mass is 10.0. The average molecular weight is 246 g/mol. The molecule has 2 heterocycles. The van der Waals surface area contributed by atoms with Crippen molar-refractivity contribution < 1.29 is 0 Å². The van der Waals surface area contributed by atoms with Gasteiger partial charge in [-0.15, -0.1) is 0 Å². The maximum Gasteiger partial charge on any atom is 0.111 e. The van der Waals surface area contributed by atoms with Gasteiger partial charge < -0.3 is 10.3 Å². The maximum atomic E-state index is 6.17. The molecule has 1 atom stereocenters. The van der Waals surface area contributed by atoms with Gasteiger partial charge in [0.05, 0.1) is 11.7 Å². The molecule has 2 aromatic rings. The molecule has 0 spiro atoms. The molecule has 4 heteroatoms. The van der Waals surface area contributed by atoms with Crippen LogP contribution in [-0.2, 0) is 6.42 Å². The van der Waals surface area contributed by atoms with E-state index in [1.165, 1.54) is 0 Å². The van der Waals surface area contributed by atoms with Crippen molar-refractivity contribution >= 4 is 11.0 Å². The van der Waals surface area contributed by atoms with Crippen molar-refractivity contribution in [3.63, 3.8) is 0 Å². The second-order valence-corrected chi connectivity index (χ2v) is 5.47. The highest BCUT2D eigenvalue weighted by atomic mass is 15.1. The molecule has 0 radical (unpaired) electrons. The Bertz CT molecular complexity index is 528. The number of pyridine rings is 1. The van der Waals surface area contributed by atoms with Crippen LogP contribution in [0.4, 0.5) is 0 Å². The van der Waals surface area contributed by atoms with Crippen molar-refractivity contribution in [2.75, 3.05) is 0 Å². The van der Waals surface area contributed by atoms with Gasteiger partial charge in [-0.05, 0) is 25.8 Å². The molecule has 1 unspecified atom stereocenters. The van der Waals surface area contributed by atoms with Crippen molar-refractivity contribution in [3.05, 3.63) is 24.3 Å². The van der Waals surface area contributed by atoms with Crippen LogP contribution in [0.25, 0.3) is 11.0 Å². The molecule has 2 N–H and O–H groups in total. The fraction of sp³-hybridized carbons (Fsp3) is 0.571. The number of rotatable bonds is 4. The van der Waals surface area contributed by atoms with Crippen LogP contribution in [-0.4, -0.2) is 20.6 Å². The lowest BCUT2D eigenvalue weighted by molar-refractivity contribution is 0.464. The third-order valence-corrected chi connectivity index (χ3v) is 3.36. The zero-order valence-electron chi connectivity index (χ0n) is 11.6. The summed E-state index contributed by atoms with van der Waals surface area (Å²) >= 11 is 0. The molecular weight excluding hydrogens is 224 g/mol. The molecule has 0 aromatic carbocycles. The van der Waals surface area contributed by atoms with E-state index in [1.807, 2.05) is 18.5 Å². The Morgan fingerprint density at radius 1 is 1.28 bits per heavy atom. The Kier molecular flexibility index (Phi) is 3.66. The lowest BCUT2D eigenvalue weighted by Gasteiger charge is -2.18. The van der Waals surface area contributed by atoms with Gasteiger partial charge in [-0.2, -0.15) is 0 Å². The first-order chi connectivity index (χ1) is 8.50. The van der Waals surface area contributed by atoms with E-state index in [9.17, 15) is 0 Å². The minimum Gasteiger partial charge on any atom is -0.327 e. The molecule has 2 rings (SSSR count). The molecule has 18 heavy (non-hydrogen) atoms. The van der Waals surface area contributed by atoms with Crippen LogP contribution in [0.15, 0.2) is 18.5 Å². The Hall–Kier alpha value is -1.42. The molecule has 0 bridgehead atoms. The number of hydrogen-bond donors (Lipinski definition) is 1. The van der Waals surface area contributed by atoms with E-state index in [0.29, 0.717) is 12.0 Å². The SMILES string of the molecule is CC(C)C(N)Cc1nc2cnccc2n1C(C)C. The van der Waals surface area contributed by atoms with Crippen LogP contribution in [0.2, 0.25) is 0 Å². The molecule has 0 saturated heterocycles. The van der Waals surface area contributed by atoms with Gasteiger partial charge in [0.2, 0.25) is 0 Å². The summed E-state index contributed by atoms with van der Waals surface area (Å²) in [5, 5.41) is 0. The van der Waals surface area contributed by atoms with Crippen molar-refractivity contribution in [2.24, 2.45) is 11.7 Å². The standard InChI is InChI=1S/C14H22N4/c1-9(2)11(15)7-14-17-12-8-16-6-5-13(12)18(14)10(3)4/h5-6,8-11H,7,15H2,1-4H3. The van der Waals surface area contributed by atoms with Gasteiger partial charge in [0.1, 0.15) is 11.3 Å². The lowest BCUT2D eigenvalue weighted by Crippen LogP contribution is -2.30. The molecule has 0 aliphatic heterocycles. The number of fused-ring (bicyclic) bond motifs is 1. The molecule has 0 aliphatic carbocycles. The fourth-order valence-electron chi connectivity index (χ4n) is 2.17. The second kappa shape index (κ2) is 5.06. The predicted molar refractivity (Wildman–Crippen MR) is 74.4 cm³/mol. The summed E-state index contributed by atoms with van der Waals surface area (Å²) in [6, 6.07) is 2.55. The van der Waals surface area contributed by atoms with E-state index in [-0.39, 0.29) is 6.04 Å². The summed E-state index contributed by atoms with van der Waals surface area (Å²) in [6.07, 6.45) is 4.44. The van der Waals surface area contributed by atoms with Gasteiger partial charge in [-0.1, -0.05) is 13.8 Å². The first kappa shape index (κ1) is 13.0. The van der Waals surface area contributed by atoms with Crippen molar-refractivity contribution in [3.8, 4) is 0 Å². The number of nitrogens with two attached hydrogens (primary N) is 1. The van der Waals surface area contributed by atoms with E-state index < -0.39 is 0 Å². The van der Waals surface area contributed by atoms with E-state index in [1.54, 1.807) is 0 Å².